The Kier molecular flexibility index (Phi) is 5.64. The predicted octanol–water partition coefficient (Wildman–Crippen LogP) is 1.93. The first kappa shape index (κ1) is 14.8. The van der Waals surface area contributed by atoms with E-state index in [-0.39, 0.29) is 12.0 Å². The van der Waals surface area contributed by atoms with Crippen molar-refractivity contribution in [3.63, 3.8) is 0 Å². The molecule has 19 heavy (non-hydrogen) atoms. The number of methoxy groups -OCH3 is 1. The summed E-state index contributed by atoms with van der Waals surface area (Å²) in [7, 11) is 1.49. The molecule has 0 heterocycles. The Hall–Kier alpha value is -0.610. The smallest absolute Gasteiger partial charge is 0.322 e. The molecule has 2 fully saturated rings. The van der Waals surface area contributed by atoms with Gasteiger partial charge in [0.1, 0.15) is 6.04 Å². The molecular formula is C15H28N2O2. The second-order valence-corrected chi connectivity index (χ2v) is 5.93. The standard InChI is InChI=1S/C15H28N2O2/c1-3-4-10-17(13-7-8-13)11-9-14(15(18)19-2)16-12-5-6-12/h12-14,16H,3-11H2,1-2H3. The van der Waals surface area contributed by atoms with Gasteiger partial charge in [-0.2, -0.15) is 0 Å². The lowest BCUT2D eigenvalue weighted by molar-refractivity contribution is -0.143. The van der Waals surface area contributed by atoms with Crippen LogP contribution in [0, 0.1) is 0 Å². The number of hydrogen-bond donors (Lipinski definition) is 1. The van der Waals surface area contributed by atoms with Crippen molar-refractivity contribution in [3.8, 4) is 0 Å². The number of rotatable bonds is 10. The Balaban J connectivity index is 1.76. The van der Waals surface area contributed by atoms with E-state index in [0.717, 1.165) is 19.0 Å². The Morgan fingerprint density at radius 2 is 2.05 bits per heavy atom. The summed E-state index contributed by atoms with van der Waals surface area (Å²) in [5.74, 6) is -0.0989. The van der Waals surface area contributed by atoms with E-state index in [1.807, 2.05) is 0 Å². The number of nitrogens with one attached hydrogen (secondary N) is 1. The number of nitrogens with zero attached hydrogens (tertiary/aromatic N) is 1. The predicted molar refractivity (Wildman–Crippen MR) is 76.1 cm³/mol. The summed E-state index contributed by atoms with van der Waals surface area (Å²) in [6, 6.07) is 1.22. The third-order valence-corrected chi connectivity index (χ3v) is 4.07. The van der Waals surface area contributed by atoms with Gasteiger partial charge in [-0.1, -0.05) is 13.3 Å². The second-order valence-electron chi connectivity index (χ2n) is 5.93. The Labute approximate surface area is 116 Å². The highest BCUT2D eigenvalue weighted by atomic mass is 16.5. The molecule has 2 saturated carbocycles. The Bertz CT molecular complexity index is 288. The normalized spacial score (nSPS) is 20.6. The second kappa shape index (κ2) is 7.25. The minimum Gasteiger partial charge on any atom is -0.468 e. The highest BCUT2D eigenvalue weighted by Gasteiger charge is 2.32. The van der Waals surface area contributed by atoms with Crippen LogP contribution in [0.1, 0.15) is 51.9 Å². The molecule has 1 N–H and O–H groups in total. The van der Waals surface area contributed by atoms with Crippen molar-refractivity contribution >= 4 is 5.97 Å². The average molecular weight is 268 g/mol. The highest BCUT2D eigenvalue weighted by molar-refractivity contribution is 5.75. The average Bonchev–Trinajstić information content (AvgIpc) is 3.28. The van der Waals surface area contributed by atoms with Gasteiger partial charge in [-0.15, -0.1) is 0 Å². The summed E-state index contributed by atoms with van der Waals surface area (Å²) in [4.78, 5) is 14.3. The monoisotopic (exact) mass is 268 g/mol. The Morgan fingerprint density at radius 1 is 1.32 bits per heavy atom. The number of hydrogen-bond acceptors (Lipinski definition) is 4. The van der Waals surface area contributed by atoms with Gasteiger partial charge in [-0.25, -0.2) is 0 Å². The number of carbonyl (C=O) groups is 1. The molecule has 0 aliphatic heterocycles. The molecule has 0 radical (unpaired) electrons. The van der Waals surface area contributed by atoms with Crippen LogP contribution in [-0.4, -0.2) is 49.2 Å². The van der Waals surface area contributed by atoms with Gasteiger partial charge in [0.2, 0.25) is 0 Å². The number of carbonyl (C=O) groups excluding carboxylic acids is 1. The molecule has 4 nitrogen and oxygen atoms in total. The van der Waals surface area contributed by atoms with E-state index in [1.165, 1.54) is 52.2 Å². The molecular weight excluding hydrogens is 240 g/mol. The van der Waals surface area contributed by atoms with Crippen molar-refractivity contribution in [3.05, 3.63) is 0 Å². The molecule has 2 aliphatic rings. The maximum Gasteiger partial charge on any atom is 0.322 e. The van der Waals surface area contributed by atoms with E-state index in [9.17, 15) is 4.79 Å². The summed E-state index contributed by atoms with van der Waals surface area (Å²) < 4.78 is 4.91. The van der Waals surface area contributed by atoms with Gasteiger partial charge in [0.15, 0.2) is 0 Å². The van der Waals surface area contributed by atoms with Crippen LogP contribution in [-0.2, 0) is 9.53 Å². The first-order chi connectivity index (χ1) is 9.24. The van der Waals surface area contributed by atoms with E-state index < -0.39 is 0 Å². The third-order valence-electron chi connectivity index (χ3n) is 4.07. The highest BCUT2D eigenvalue weighted by Crippen LogP contribution is 2.27. The minimum atomic E-state index is -0.111. The van der Waals surface area contributed by atoms with Crippen LogP contribution in [0.2, 0.25) is 0 Å². The van der Waals surface area contributed by atoms with Crippen molar-refractivity contribution in [2.24, 2.45) is 0 Å². The fourth-order valence-corrected chi connectivity index (χ4v) is 2.52. The quantitative estimate of drug-likeness (QED) is 0.615. The fraction of sp³-hybridized carbons (Fsp3) is 0.933. The third kappa shape index (κ3) is 5.11. The fourth-order valence-electron chi connectivity index (χ4n) is 2.52. The maximum absolute atomic E-state index is 11.8. The molecule has 0 aromatic heterocycles. The lowest BCUT2D eigenvalue weighted by atomic mass is 10.2. The van der Waals surface area contributed by atoms with Crippen molar-refractivity contribution in [1.29, 1.82) is 0 Å². The van der Waals surface area contributed by atoms with Crippen LogP contribution in [0.15, 0.2) is 0 Å². The summed E-state index contributed by atoms with van der Waals surface area (Å²) in [5.41, 5.74) is 0. The van der Waals surface area contributed by atoms with Crippen molar-refractivity contribution in [2.45, 2.75) is 70.0 Å². The molecule has 0 amide bonds. The van der Waals surface area contributed by atoms with Crippen molar-refractivity contribution in [2.75, 3.05) is 20.2 Å². The molecule has 2 aliphatic carbocycles. The van der Waals surface area contributed by atoms with E-state index in [2.05, 4.69) is 17.1 Å². The molecule has 1 atom stereocenters. The molecule has 110 valence electrons. The molecule has 0 spiro atoms. The van der Waals surface area contributed by atoms with E-state index in [4.69, 9.17) is 4.74 Å². The molecule has 1 unspecified atom stereocenters. The summed E-state index contributed by atoms with van der Waals surface area (Å²) in [6.45, 7) is 4.43. The van der Waals surface area contributed by atoms with Gasteiger partial charge in [0.25, 0.3) is 0 Å². The first-order valence-corrected chi connectivity index (χ1v) is 7.82. The van der Waals surface area contributed by atoms with Crippen LogP contribution in [0.25, 0.3) is 0 Å². The van der Waals surface area contributed by atoms with Gasteiger partial charge >= 0.3 is 5.97 Å². The van der Waals surface area contributed by atoms with Crippen LogP contribution in [0.3, 0.4) is 0 Å². The Morgan fingerprint density at radius 3 is 2.58 bits per heavy atom. The number of unbranched alkanes of at least 4 members (excludes halogenated alkanes) is 1. The van der Waals surface area contributed by atoms with E-state index in [0.29, 0.717) is 6.04 Å². The lowest BCUT2D eigenvalue weighted by Crippen LogP contribution is -2.42. The summed E-state index contributed by atoms with van der Waals surface area (Å²) in [6.07, 6.45) is 8.46. The zero-order valence-electron chi connectivity index (χ0n) is 12.4. The maximum atomic E-state index is 11.8. The van der Waals surface area contributed by atoms with Gasteiger partial charge in [-0.05, 0) is 45.1 Å². The molecule has 0 bridgehead atoms. The first-order valence-electron chi connectivity index (χ1n) is 7.82. The molecule has 0 aromatic rings. The summed E-state index contributed by atoms with van der Waals surface area (Å²) >= 11 is 0. The van der Waals surface area contributed by atoms with Crippen LogP contribution < -0.4 is 5.32 Å². The van der Waals surface area contributed by atoms with Crippen LogP contribution >= 0.6 is 0 Å². The zero-order valence-corrected chi connectivity index (χ0v) is 12.4. The van der Waals surface area contributed by atoms with Crippen molar-refractivity contribution in [1.82, 2.24) is 10.2 Å². The summed E-state index contributed by atoms with van der Waals surface area (Å²) in [5, 5.41) is 3.41. The SMILES string of the molecule is CCCCN(CCC(NC1CC1)C(=O)OC)C1CC1. The zero-order chi connectivity index (χ0) is 13.7. The van der Waals surface area contributed by atoms with Gasteiger partial charge < -0.3 is 15.0 Å². The lowest BCUT2D eigenvalue weighted by Gasteiger charge is -2.24. The van der Waals surface area contributed by atoms with E-state index >= 15 is 0 Å². The van der Waals surface area contributed by atoms with Crippen LogP contribution in [0.5, 0.6) is 0 Å². The molecule has 2 rings (SSSR count). The van der Waals surface area contributed by atoms with Crippen LogP contribution in [0.4, 0.5) is 0 Å². The van der Waals surface area contributed by atoms with Crippen molar-refractivity contribution < 1.29 is 9.53 Å². The number of esters is 1. The number of ether oxygens (including phenoxy) is 1. The van der Waals surface area contributed by atoms with Gasteiger partial charge in [0.05, 0.1) is 7.11 Å². The molecule has 4 heteroatoms. The minimum absolute atomic E-state index is 0.0989. The van der Waals surface area contributed by atoms with Gasteiger partial charge in [0, 0.05) is 18.6 Å². The molecule has 0 aromatic carbocycles. The largest absolute Gasteiger partial charge is 0.468 e. The molecule has 0 saturated heterocycles. The topological polar surface area (TPSA) is 41.6 Å². The van der Waals surface area contributed by atoms with Gasteiger partial charge in [-0.3, -0.25) is 4.79 Å². The van der Waals surface area contributed by atoms with E-state index in [1.54, 1.807) is 0 Å².